The molecular weight excluding hydrogens is 140 g/mol. The fraction of sp³-hybridized carbons (Fsp3) is 0.889. The lowest BCUT2D eigenvalue weighted by Crippen LogP contribution is -2.31. The van der Waals surface area contributed by atoms with Crippen LogP contribution >= 0.6 is 0 Å². The second-order valence-corrected chi connectivity index (χ2v) is 4.22. The van der Waals surface area contributed by atoms with Crippen molar-refractivity contribution in [1.82, 2.24) is 0 Å². The highest BCUT2D eigenvalue weighted by Crippen LogP contribution is 2.48. The highest BCUT2D eigenvalue weighted by Gasteiger charge is 2.64. The molecule has 1 rings (SSSR count). The van der Waals surface area contributed by atoms with Gasteiger partial charge >= 0.3 is 5.97 Å². The van der Waals surface area contributed by atoms with Crippen molar-refractivity contribution < 1.29 is 9.53 Å². The average molecular weight is 156 g/mol. The summed E-state index contributed by atoms with van der Waals surface area (Å²) in [6.45, 7) is 8.22. The van der Waals surface area contributed by atoms with Gasteiger partial charge in [0.15, 0.2) is 0 Å². The summed E-state index contributed by atoms with van der Waals surface area (Å²) < 4.78 is 5.07. The molecule has 0 saturated carbocycles. The normalized spacial score (nSPS) is 30.0. The largest absolute Gasteiger partial charge is 0.443 e. The summed E-state index contributed by atoms with van der Waals surface area (Å²) in [6.07, 6.45) is 1.86. The van der Waals surface area contributed by atoms with E-state index in [4.69, 9.17) is 4.74 Å². The zero-order valence-electron chi connectivity index (χ0n) is 7.73. The van der Waals surface area contributed by atoms with Gasteiger partial charge in [-0.2, -0.15) is 0 Å². The summed E-state index contributed by atoms with van der Waals surface area (Å²) >= 11 is 0. The molecule has 0 aromatic heterocycles. The lowest BCUT2D eigenvalue weighted by atomic mass is 9.78. The minimum atomic E-state index is -0.443. The van der Waals surface area contributed by atoms with Crippen molar-refractivity contribution >= 4 is 5.97 Å². The Balaban J connectivity index is 2.72. The van der Waals surface area contributed by atoms with E-state index in [1.165, 1.54) is 0 Å². The van der Waals surface area contributed by atoms with Crippen molar-refractivity contribution in [1.29, 1.82) is 0 Å². The third-order valence-electron chi connectivity index (χ3n) is 2.37. The van der Waals surface area contributed by atoms with E-state index in [1.807, 2.05) is 20.8 Å². The molecule has 2 heteroatoms. The molecule has 11 heavy (non-hydrogen) atoms. The molecule has 2 nitrogen and oxygen atoms in total. The molecule has 0 amide bonds. The summed E-state index contributed by atoms with van der Waals surface area (Å²) in [7, 11) is 0. The summed E-state index contributed by atoms with van der Waals surface area (Å²) in [5, 5.41) is 0. The number of rotatable bonds is 2. The highest BCUT2D eigenvalue weighted by molar-refractivity contribution is 5.93. The first-order valence-corrected chi connectivity index (χ1v) is 4.17. The number of ether oxygens (including phenoxy) is 1. The SMILES string of the molecule is CCCC1(C(C)(C)C)OC1=O. The van der Waals surface area contributed by atoms with Crippen molar-refractivity contribution in [3.05, 3.63) is 0 Å². The first kappa shape index (κ1) is 8.57. The molecule has 1 atom stereocenters. The van der Waals surface area contributed by atoms with Crippen molar-refractivity contribution in [3.63, 3.8) is 0 Å². The van der Waals surface area contributed by atoms with Gasteiger partial charge in [0.25, 0.3) is 0 Å². The van der Waals surface area contributed by atoms with Gasteiger partial charge in [-0.3, -0.25) is 0 Å². The molecule has 1 saturated heterocycles. The van der Waals surface area contributed by atoms with Gasteiger partial charge in [-0.05, 0) is 6.42 Å². The first-order valence-electron chi connectivity index (χ1n) is 4.17. The Labute approximate surface area is 67.9 Å². The molecule has 1 heterocycles. The molecule has 1 aliphatic heterocycles. The minimum absolute atomic E-state index is 0.0214. The van der Waals surface area contributed by atoms with Gasteiger partial charge < -0.3 is 4.74 Å². The van der Waals surface area contributed by atoms with E-state index in [0.29, 0.717) is 0 Å². The van der Waals surface area contributed by atoms with Crippen LogP contribution in [0.15, 0.2) is 0 Å². The number of hydrogen-bond acceptors (Lipinski definition) is 2. The number of carbonyl (C=O) groups is 1. The molecule has 64 valence electrons. The second-order valence-electron chi connectivity index (χ2n) is 4.22. The fourth-order valence-electron chi connectivity index (χ4n) is 1.47. The third kappa shape index (κ3) is 1.15. The Morgan fingerprint density at radius 3 is 2.00 bits per heavy atom. The monoisotopic (exact) mass is 156 g/mol. The summed E-state index contributed by atoms with van der Waals surface area (Å²) in [6, 6.07) is 0. The van der Waals surface area contributed by atoms with Crippen LogP contribution in [-0.2, 0) is 9.53 Å². The molecule has 1 aliphatic rings. The van der Waals surface area contributed by atoms with Gasteiger partial charge in [-0.15, -0.1) is 0 Å². The fourth-order valence-corrected chi connectivity index (χ4v) is 1.47. The Bertz CT molecular complexity index is 178. The van der Waals surface area contributed by atoms with Crippen LogP contribution < -0.4 is 0 Å². The first-order chi connectivity index (χ1) is 4.94. The maximum absolute atomic E-state index is 11.0. The number of hydrogen-bond donors (Lipinski definition) is 0. The van der Waals surface area contributed by atoms with Gasteiger partial charge in [0.1, 0.15) is 0 Å². The van der Waals surface area contributed by atoms with Crippen LogP contribution in [0.2, 0.25) is 0 Å². The van der Waals surface area contributed by atoms with E-state index in [1.54, 1.807) is 0 Å². The van der Waals surface area contributed by atoms with Crippen LogP contribution in [0.4, 0.5) is 0 Å². The summed E-state index contributed by atoms with van der Waals surface area (Å²) in [5.41, 5.74) is -0.484. The average Bonchev–Trinajstić information content (AvgIpc) is 2.42. The molecule has 0 bridgehead atoms. The lowest BCUT2D eigenvalue weighted by Gasteiger charge is -2.23. The molecule has 0 aliphatic carbocycles. The Morgan fingerprint density at radius 2 is 1.91 bits per heavy atom. The van der Waals surface area contributed by atoms with Crippen molar-refractivity contribution in [2.45, 2.75) is 46.1 Å². The van der Waals surface area contributed by atoms with E-state index in [2.05, 4.69) is 6.92 Å². The van der Waals surface area contributed by atoms with Crippen molar-refractivity contribution in [2.24, 2.45) is 5.41 Å². The predicted molar refractivity (Wildman–Crippen MR) is 43.2 cm³/mol. The standard InChI is InChI=1S/C9H16O2/c1-5-6-9(7(10)11-9)8(2,3)4/h5-6H2,1-4H3. The maximum Gasteiger partial charge on any atom is 0.352 e. The van der Waals surface area contributed by atoms with Crippen LogP contribution in [0, 0.1) is 5.41 Å². The van der Waals surface area contributed by atoms with Crippen LogP contribution in [0.5, 0.6) is 0 Å². The zero-order valence-corrected chi connectivity index (χ0v) is 7.73. The molecule has 0 aromatic carbocycles. The Hall–Kier alpha value is -0.530. The van der Waals surface area contributed by atoms with Gasteiger partial charge in [-0.1, -0.05) is 34.1 Å². The molecular formula is C9H16O2. The molecule has 0 spiro atoms. The van der Waals surface area contributed by atoms with Crippen LogP contribution in [0.1, 0.15) is 40.5 Å². The zero-order chi connectivity index (χ0) is 8.70. The predicted octanol–water partition coefficient (Wildman–Crippen LogP) is 2.13. The number of carbonyl (C=O) groups excluding carboxylic acids is 1. The molecule has 1 unspecified atom stereocenters. The van der Waals surface area contributed by atoms with Gasteiger partial charge in [0.05, 0.1) is 0 Å². The highest BCUT2D eigenvalue weighted by atomic mass is 16.7. The van der Waals surface area contributed by atoms with E-state index >= 15 is 0 Å². The lowest BCUT2D eigenvalue weighted by molar-refractivity contribution is -0.117. The number of epoxide rings is 1. The van der Waals surface area contributed by atoms with Gasteiger partial charge in [0, 0.05) is 5.41 Å². The van der Waals surface area contributed by atoms with E-state index in [-0.39, 0.29) is 11.4 Å². The topological polar surface area (TPSA) is 29.6 Å². The molecule has 1 fully saturated rings. The number of cyclic esters (lactones) is 1. The van der Waals surface area contributed by atoms with Gasteiger partial charge in [0.2, 0.25) is 5.60 Å². The van der Waals surface area contributed by atoms with E-state index in [9.17, 15) is 4.79 Å². The Morgan fingerprint density at radius 1 is 1.45 bits per heavy atom. The second kappa shape index (κ2) is 2.23. The summed E-state index contributed by atoms with van der Waals surface area (Å²) in [5.74, 6) is -0.0214. The van der Waals surface area contributed by atoms with Crippen LogP contribution in [-0.4, -0.2) is 11.6 Å². The van der Waals surface area contributed by atoms with Crippen LogP contribution in [0.25, 0.3) is 0 Å². The quantitative estimate of drug-likeness (QED) is 0.573. The third-order valence-corrected chi connectivity index (χ3v) is 2.37. The maximum atomic E-state index is 11.0. The summed E-state index contributed by atoms with van der Waals surface area (Å²) in [4.78, 5) is 11.0. The minimum Gasteiger partial charge on any atom is -0.443 e. The van der Waals surface area contributed by atoms with Crippen LogP contribution in [0.3, 0.4) is 0 Å². The van der Waals surface area contributed by atoms with E-state index in [0.717, 1.165) is 12.8 Å². The Kier molecular flexibility index (Phi) is 1.73. The van der Waals surface area contributed by atoms with Crippen molar-refractivity contribution in [3.8, 4) is 0 Å². The molecule has 0 aromatic rings. The smallest absolute Gasteiger partial charge is 0.352 e. The molecule has 0 N–H and O–H groups in total. The van der Waals surface area contributed by atoms with Gasteiger partial charge in [-0.25, -0.2) is 4.79 Å². The van der Waals surface area contributed by atoms with Crippen molar-refractivity contribution in [2.75, 3.05) is 0 Å². The molecule has 0 radical (unpaired) electrons. The van der Waals surface area contributed by atoms with E-state index < -0.39 is 5.60 Å².